The van der Waals surface area contributed by atoms with E-state index in [1.54, 1.807) is 0 Å². The van der Waals surface area contributed by atoms with Crippen molar-refractivity contribution < 1.29 is 35.1 Å². The van der Waals surface area contributed by atoms with Crippen molar-refractivity contribution in [2.75, 3.05) is 0 Å². The Bertz CT molecular complexity index is 1320. The third-order valence-electron chi connectivity index (χ3n) is 9.12. The molecule has 0 fully saturated rings. The molecule has 0 aliphatic heterocycles. The Morgan fingerprint density at radius 1 is 0.553 bits per heavy atom. The van der Waals surface area contributed by atoms with Gasteiger partial charge in [0.2, 0.25) is 16.6 Å². The largest absolute Gasteiger partial charge is 2.00 e. The van der Waals surface area contributed by atoms with E-state index in [2.05, 4.69) is 141 Å². The summed E-state index contributed by atoms with van der Waals surface area (Å²) in [4.78, 5) is 0. The van der Waals surface area contributed by atoms with Crippen molar-refractivity contribution >= 4 is 56.6 Å². The Hall–Kier alpha value is -1.21. The van der Waals surface area contributed by atoms with Gasteiger partial charge in [-0.15, -0.1) is 80.4 Å². The van der Waals surface area contributed by atoms with E-state index in [1.807, 2.05) is 0 Å². The molecule has 0 heterocycles. The van der Waals surface area contributed by atoms with Gasteiger partial charge in [0, 0.05) is 19.6 Å². The molecule has 0 aliphatic rings. The molecule has 0 saturated heterocycles. The van der Waals surface area contributed by atoms with E-state index in [0.29, 0.717) is 0 Å². The van der Waals surface area contributed by atoms with Gasteiger partial charge in [-0.3, -0.25) is 0 Å². The molecule has 0 aliphatic carbocycles. The molecular formula is C32H46O2Si3Zr. The van der Waals surface area contributed by atoms with E-state index in [0.717, 1.165) is 11.5 Å². The van der Waals surface area contributed by atoms with Crippen LogP contribution in [0.1, 0.15) is 41.5 Å². The predicted octanol–water partition coefficient (Wildman–Crippen LogP) is 9.02. The molecule has 0 N–H and O–H groups in total. The number of benzene rings is 2. The van der Waals surface area contributed by atoms with Crippen LogP contribution < -0.4 is 19.2 Å². The van der Waals surface area contributed by atoms with Crippen LogP contribution in [0, 0.1) is 0 Å². The second-order valence-corrected chi connectivity index (χ2v) is 28.0. The normalized spacial score (nSPS) is 13.6. The van der Waals surface area contributed by atoms with Gasteiger partial charge in [-0.25, -0.2) is 0 Å². The fourth-order valence-electron chi connectivity index (χ4n) is 4.82. The Morgan fingerprint density at radius 2 is 0.868 bits per heavy atom. The average Bonchev–Trinajstić information content (AvgIpc) is 3.29. The van der Waals surface area contributed by atoms with Crippen molar-refractivity contribution in [3.8, 4) is 11.5 Å². The van der Waals surface area contributed by atoms with E-state index in [4.69, 9.17) is 8.85 Å². The second kappa shape index (κ2) is 10.3. The number of hydrogen-bond donors (Lipinski definition) is 0. The van der Waals surface area contributed by atoms with E-state index >= 15 is 0 Å². The summed E-state index contributed by atoms with van der Waals surface area (Å²) < 4.78 is 14.2. The minimum Gasteiger partial charge on any atom is -0.559 e. The molecule has 0 radical (unpaired) electrons. The van der Waals surface area contributed by atoms with Crippen LogP contribution in [-0.2, 0) is 26.2 Å². The zero-order valence-corrected chi connectivity index (χ0v) is 31.0. The molecule has 38 heavy (non-hydrogen) atoms. The Morgan fingerprint density at radius 3 is 1.18 bits per heavy atom. The molecule has 4 aromatic carbocycles. The van der Waals surface area contributed by atoms with Gasteiger partial charge in [0.05, 0.1) is 0 Å². The monoisotopic (exact) mass is 636 g/mol. The van der Waals surface area contributed by atoms with Crippen molar-refractivity contribution in [2.45, 2.75) is 90.9 Å². The van der Waals surface area contributed by atoms with Crippen LogP contribution in [0.2, 0.25) is 49.4 Å². The quantitative estimate of drug-likeness (QED) is 0.155. The van der Waals surface area contributed by atoms with Gasteiger partial charge in [0.15, 0.2) is 0 Å². The topological polar surface area (TPSA) is 18.5 Å². The molecule has 0 aromatic heterocycles. The molecule has 0 bridgehead atoms. The SMILES string of the molecule is CC(C)(C)[Si](C)(C)Oc1[cH-]c2ccccc2c1[Si](C)(C)c1c(O[Si](C)(C)C(C)(C)C)[cH-]c2ccccc12.[Zr+2]. The fraction of sp³-hybridized carbons (Fsp3) is 0.438. The van der Waals surface area contributed by atoms with E-state index in [9.17, 15) is 0 Å². The molecule has 4 rings (SSSR count). The summed E-state index contributed by atoms with van der Waals surface area (Å²) >= 11 is 0. The number of fused-ring (bicyclic) bond motifs is 2. The second-order valence-electron chi connectivity index (χ2n) is 14.3. The molecule has 0 saturated carbocycles. The van der Waals surface area contributed by atoms with Crippen molar-refractivity contribution in [2.24, 2.45) is 0 Å². The Balaban J connectivity index is 0.00000400. The summed E-state index contributed by atoms with van der Waals surface area (Å²) in [7, 11) is -6.36. The molecule has 0 unspecified atom stereocenters. The third kappa shape index (κ3) is 5.53. The zero-order valence-electron chi connectivity index (χ0n) is 25.6. The van der Waals surface area contributed by atoms with Gasteiger partial charge in [-0.1, -0.05) is 66.8 Å². The fourth-order valence-corrected chi connectivity index (χ4v) is 10.6. The van der Waals surface area contributed by atoms with Crippen molar-refractivity contribution in [1.82, 2.24) is 0 Å². The molecule has 4 aromatic rings. The molecule has 202 valence electrons. The van der Waals surface area contributed by atoms with Crippen molar-refractivity contribution in [3.63, 3.8) is 0 Å². The number of rotatable bonds is 6. The average molecular weight is 638 g/mol. The minimum atomic E-state index is -2.29. The molecule has 0 amide bonds. The van der Waals surface area contributed by atoms with Gasteiger partial charge < -0.3 is 8.85 Å². The van der Waals surface area contributed by atoms with E-state index < -0.39 is 24.7 Å². The Kier molecular flexibility index (Phi) is 8.51. The smallest absolute Gasteiger partial charge is 0.559 e. The van der Waals surface area contributed by atoms with Gasteiger partial charge in [-0.05, 0) is 36.3 Å². The van der Waals surface area contributed by atoms with Crippen LogP contribution in [0.3, 0.4) is 0 Å². The van der Waals surface area contributed by atoms with Crippen LogP contribution in [0.5, 0.6) is 11.5 Å². The summed E-state index contributed by atoms with van der Waals surface area (Å²) in [5.74, 6) is 2.18. The van der Waals surface area contributed by atoms with Crippen molar-refractivity contribution in [3.05, 3.63) is 60.7 Å². The third-order valence-corrected chi connectivity index (χ3v) is 21.3. The van der Waals surface area contributed by atoms with Crippen LogP contribution in [0.25, 0.3) is 21.5 Å². The Labute approximate surface area is 253 Å². The van der Waals surface area contributed by atoms with Crippen molar-refractivity contribution in [1.29, 1.82) is 0 Å². The van der Waals surface area contributed by atoms with Crippen LogP contribution in [0.4, 0.5) is 0 Å². The van der Waals surface area contributed by atoms with Gasteiger partial charge in [0.25, 0.3) is 0 Å². The maximum absolute atomic E-state index is 7.12. The molecular weight excluding hydrogens is 592 g/mol. The summed E-state index contributed by atoms with van der Waals surface area (Å²) in [5.41, 5.74) is 0. The minimum absolute atomic E-state index is 0. The molecule has 6 heteroatoms. The molecule has 0 atom stereocenters. The van der Waals surface area contributed by atoms with Gasteiger partial charge in [0.1, 0.15) is 0 Å². The first-order valence-corrected chi connectivity index (χ1v) is 22.4. The van der Waals surface area contributed by atoms with Crippen LogP contribution in [0.15, 0.2) is 60.7 Å². The van der Waals surface area contributed by atoms with Crippen LogP contribution in [-0.4, -0.2) is 24.7 Å². The van der Waals surface area contributed by atoms with E-state index in [1.165, 1.54) is 31.9 Å². The molecule has 2 nitrogen and oxygen atoms in total. The standard InChI is InChI=1S/C32H46O2Si3.Zr/c1-31(2,3)36(9,10)33-27-21-23-17-13-15-19-25(23)29(27)35(7,8)30-26-20-16-14-18-24(26)22-28(30)34-37(11,12)32(4,5)6;/h13-22H,1-12H3;/q-2;+2. The first-order chi connectivity index (χ1) is 16.9. The number of hydrogen-bond acceptors (Lipinski definition) is 2. The maximum Gasteiger partial charge on any atom is 2.00 e. The predicted molar refractivity (Wildman–Crippen MR) is 171 cm³/mol. The van der Waals surface area contributed by atoms with E-state index in [-0.39, 0.29) is 36.3 Å². The summed E-state index contributed by atoms with van der Waals surface area (Å²) in [6, 6.07) is 22.3. The summed E-state index contributed by atoms with van der Waals surface area (Å²) in [6.07, 6.45) is 0. The first-order valence-electron chi connectivity index (χ1n) is 13.6. The first kappa shape index (κ1) is 31.3. The van der Waals surface area contributed by atoms with Gasteiger partial charge >= 0.3 is 26.2 Å². The summed E-state index contributed by atoms with van der Waals surface area (Å²) in [5, 5.41) is 8.28. The summed E-state index contributed by atoms with van der Waals surface area (Å²) in [6.45, 7) is 28.3. The molecule has 0 spiro atoms. The van der Waals surface area contributed by atoms with Gasteiger partial charge in [-0.2, -0.15) is 0 Å². The maximum atomic E-state index is 7.12. The zero-order chi connectivity index (χ0) is 27.6. The van der Waals surface area contributed by atoms with Crippen LogP contribution >= 0.6 is 0 Å².